The van der Waals surface area contributed by atoms with E-state index in [4.69, 9.17) is 11.6 Å². The van der Waals surface area contributed by atoms with Crippen molar-refractivity contribution in [2.45, 2.75) is 26.9 Å². The van der Waals surface area contributed by atoms with Crippen molar-refractivity contribution in [3.8, 4) is 0 Å². The number of aryl methyl sites for hydroxylation is 1. The summed E-state index contributed by atoms with van der Waals surface area (Å²) in [6, 6.07) is 13.3. The Morgan fingerprint density at radius 3 is 2.50 bits per heavy atom. The molecule has 7 heteroatoms. The molecule has 0 saturated heterocycles. The van der Waals surface area contributed by atoms with E-state index in [9.17, 15) is 4.79 Å². The molecule has 0 fully saturated rings. The fraction of sp³-hybridized carbons (Fsp3) is 0.211. The molecule has 134 valence electrons. The van der Waals surface area contributed by atoms with Crippen LogP contribution in [0.2, 0.25) is 5.02 Å². The van der Waals surface area contributed by atoms with Gasteiger partial charge in [0.15, 0.2) is 0 Å². The number of carbonyl (C=O) groups is 1. The van der Waals surface area contributed by atoms with E-state index in [1.165, 1.54) is 0 Å². The normalized spacial score (nSPS) is 10.8. The molecular formula is C19H18BrClN4O. The number of amides is 1. The van der Waals surface area contributed by atoms with Gasteiger partial charge in [0.1, 0.15) is 6.54 Å². The van der Waals surface area contributed by atoms with Crippen molar-refractivity contribution in [1.82, 2.24) is 14.8 Å². The van der Waals surface area contributed by atoms with Gasteiger partial charge in [0.25, 0.3) is 0 Å². The predicted molar refractivity (Wildman–Crippen MR) is 106 cm³/mol. The molecule has 5 nitrogen and oxygen atoms in total. The molecule has 0 saturated carbocycles. The number of pyridine rings is 1. The first-order chi connectivity index (χ1) is 12.5. The number of benzene rings is 1. The van der Waals surface area contributed by atoms with Crippen LogP contribution in [-0.4, -0.2) is 20.7 Å². The summed E-state index contributed by atoms with van der Waals surface area (Å²) in [7, 11) is 0. The van der Waals surface area contributed by atoms with Crippen molar-refractivity contribution >= 4 is 39.1 Å². The maximum Gasteiger partial charge on any atom is 0.249 e. The minimum absolute atomic E-state index is 0.0831. The number of anilines is 1. The molecule has 0 unspecified atom stereocenters. The average Bonchev–Trinajstić information content (AvgIpc) is 2.88. The summed E-state index contributed by atoms with van der Waals surface area (Å²) in [6.45, 7) is 4.19. The van der Waals surface area contributed by atoms with Crippen molar-refractivity contribution in [1.29, 1.82) is 0 Å². The van der Waals surface area contributed by atoms with Crippen molar-refractivity contribution in [3.05, 3.63) is 75.2 Å². The van der Waals surface area contributed by atoms with Crippen LogP contribution in [0.3, 0.4) is 0 Å². The van der Waals surface area contributed by atoms with Crippen LogP contribution < -0.4 is 4.90 Å². The average molecular weight is 434 g/mol. The summed E-state index contributed by atoms with van der Waals surface area (Å²) < 4.78 is 2.60. The standard InChI is InChI=1S/C19H18BrClN4O/c1-13-19(21)14(2)25(23-13)12-18(26)24(11-16-5-3-4-10-22-16)17-8-6-15(20)7-9-17/h3-10H,11-12H2,1-2H3. The maximum atomic E-state index is 13.1. The third kappa shape index (κ3) is 4.14. The fourth-order valence-electron chi connectivity index (χ4n) is 2.64. The molecule has 0 radical (unpaired) electrons. The largest absolute Gasteiger partial charge is 0.305 e. The Hall–Kier alpha value is -2.18. The molecule has 0 aliphatic carbocycles. The zero-order chi connectivity index (χ0) is 18.7. The smallest absolute Gasteiger partial charge is 0.249 e. The lowest BCUT2D eigenvalue weighted by Gasteiger charge is -2.23. The molecule has 0 aliphatic heterocycles. The zero-order valence-corrected chi connectivity index (χ0v) is 16.8. The Morgan fingerprint density at radius 2 is 1.92 bits per heavy atom. The number of carbonyl (C=O) groups excluding carboxylic acids is 1. The Balaban J connectivity index is 1.89. The van der Waals surface area contributed by atoms with Gasteiger partial charge in [0, 0.05) is 16.4 Å². The van der Waals surface area contributed by atoms with Crippen LogP contribution in [0.1, 0.15) is 17.1 Å². The topological polar surface area (TPSA) is 51.0 Å². The second kappa shape index (κ2) is 8.01. The van der Waals surface area contributed by atoms with E-state index >= 15 is 0 Å². The van der Waals surface area contributed by atoms with Crippen molar-refractivity contribution in [2.75, 3.05) is 4.90 Å². The third-order valence-electron chi connectivity index (χ3n) is 4.06. The van der Waals surface area contributed by atoms with Crippen LogP contribution in [0.4, 0.5) is 5.69 Å². The first-order valence-electron chi connectivity index (χ1n) is 8.11. The summed E-state index contributed by atoms with van der Waals surface area (Å²) in [4.78, 5) is 19.1. The van der Waals surface area contributed by atoms with Gasteiger partial charge >= 0.3 is 0 Å². The third-order valence-corrected chi connectivity index (χ3v) is 5.14. The molecule has 3 rings (SSSR count). The Bertz CT molecular complexity index is 909. The number of hydrogen-bond donors (Lipinski definition) is 0. The molecule has 2 aromatic heterocycles. The maximum absolute atomic E-state index is 13.1. The zero-order valence-electron chi connectivity index (χ0n) is 14.5. The Labute approximate surface area is 165 Å². The van der Waals surface area contributed by atoms with Crippen LogP contribution in [0.25, 0.3) is 0 Å². The number of aromatic nitrogens is 3. The van der Waals surface area contributed by atoms with Crippen molar-refractivity contribution in [2.24, 2.45) is 0 Å². The lowest BCUT2D eigenvalue weighted by molar-refractivity contribution is -0.119. The molecule has 0 N–H and O–H groups in total. The summed E-state index contributed by atoms with van der Waals surface area (Å²) in [5.74, 6) is -0.0831. The molecule has 1 aromatic carbocycles. The number of halogens is 2. The summed E-state index contributed by atoms with van der Waals surface area (Å²) in [6.07, 6.45) is 1.72. The minimum Gasteiger partial charge on any atom is -0.305 e. The van der Waals surface area contributed by atoms with Crippen LogP contribution >= 0.6 is 27.5 Å². The van der Waals surface area contributed by atoms with Crippen LogP contribution in [0.5, 0.6) is 0 Å². The minimum atomic E-state index is -0.0831. The molecule has 0 bridgehead atoms. The Morgan fingerprint density at radius 1 is 1.19 bits per heavy atom. The van der Waals surface area contributed by atoms with Gasteiger partial charge in [-0.1, -0.05) is 33.6 Å². The van der Waals surface area contributed by atoms with E-state index in [1.54, 1.807) is 15.8 Å². The van der Waals surface area contributed by atoms with Gasteiger partial charge in [-0.15, -0.1) is 0 Å². The molecular weight excluding hydrogens is 416 g/mol. The quantitative estimate of drug-likeness (QED) is 0.593. The van der Waals surface area contributed by atoms with Gasteiger partial charge in [-0.05, 0) is 50.2 Å². The van der Waals surface area contributed by atoms with Gasteiger partial charge in [-0.3, -0.25) is 14.5 Å². The highest BCUT2D eigenvalue weighted by Gasteiger charge is 2.20. The van der Waals surface area contributed by atoms with E-state index in [0.29, 0.717) is 11.6 Å². The molecule has 0 atom stereocenters. The van der Waals surface area contributed by atoms with Gasteiger partial charge in [-0.25, -0.2) is 0 Å². The molecule has 0 spiro atoms. The Kier molecular flexibility index (Phi) is 5.74. The van der Waals surface area contributed by atoms with E-state index in [1.807, 2.05) is 56.3 Å². The lowest BCUT2D eigenvalue weighted by Crippen LogP contribution is -2.34. The molecule has 3 aromatic rings. The SMILES string of the molecule is Cc1nn(CC(=O)N(Cc2ccccn2)c2ccc(Br)cc2)c(C)c1Cl. The monoisotopic (exact) mass is 432 g/mol. The van der Waals surface area contributed by atoms with E-state index in [2.05, 4.69) is 26.0 Å². The number of hydrogen-bond acceptors (Lipinski definition) is 3. The van der Waals surface area contributed by atoms with Crippen molar-refractivity contribution in [3.63, 3.8) is 0 Å². The molecule has 0 aliphatic rings. The molecule has 26 heavy (non-hydrogen) atoms. The highest BCUT2D eigenvalue weighted by atomic mass is 79.9. The van der Waals surface area contributed by atoms with Crippen LogP contribution in [-0.2, 0) is 17.9 Å². The predicted octanol–water partition coefficient (Wildman–Crippen LogP) is 4.54. The first kappa shape index (κ1) is 18.6. The summed E-state index contributed by atoms with van der Waals surface area (Å²) >= 11 is 9.63. The summed E-state index contributed by atoms with van der Waals surface area (Å²) in [5, 5.41) is 4.96. The highest BCUT2D eigenvalue weighted by Crippen LogP contribution is 2.22. The highest BCUT2D eigenvalue weighted by molar-refractivity contribution is 9.10. The molecule has 1 amide bonds. The van der Waals surface area contributed by atoms with Gasteiger partial charge < -0.3 is 4.90 Å². The van der Waals surface area contributed by atoms with Crippen LogP contribution in [0, 0.1) is 13.8 Å². The number of rotatable bonds is 5. The first-order valence-corrected chi connectivity index (χ1v) is 9.28. The van der Waals surface area contributed by atoms with Crippen LogP contribution in [0.15, 0.2) is 53.1 Å². The van der Waals surface area contributed by atoms with Crippen molar-refractivity contribution < 1.29 is 4.79 Å². The van der Waals surface area contributed by atoms with E-state index < -0.39 is 0 Å². The second-order valence-electron chi connectivity index (χ2n) is 5.92. The van der Waals surface area contributed by atoms with E-state index in [-0.39, 0.29) is 12.5 Å². The number of nitrogens with zero attached hydrogens (tertiary/aromatic N) is 4. The lowest BCUT2D eigenvalue weighted by atomic mass is 10.2. The second-order valence-corrected chi connectivity index (χ2v) is 7.21. The van der Waals surface area contributed by atoms with Gasteiger partial charge in [0.2, 0.25) is 5.91 Å². The van der Waals surface area contributed by atoms with E-state index in [0.717, 1.165) is 27.2 Å². The fourth-order valence-corrected chi connectivity index (χ4v) is 3.04. The summed E-state index contributed by atoms with van der Waals surface area (Å²) in [5.41, 5.74) is 3.12. The molecule has 2 heterocycles. The van der Waals surface area contributed by atoms with Gasteiger partial charge in [0.05, 0.1) is 28.6 Å². The van der Waals surface area contributed by atoms with Gasteiger partial charge in [-0.2, -0.15) is 5.10 Å².